The van der Waals surface area contributed by atoms with Gasteiger partial charge in [-0.15, -0.1) is 0 Å². The average Bonchev–Trinajstić information content (AvgIpc) is 3.04. The average molecular weight is 421 g/mol. The minimum atomic E-state index is -1.03. The molecular weight excluding hydrogens is 392 g/mol. The van der Waals surface area contributed by atoms with E-state index < -0.39 is 23.7 Å². The number of ether oxygens (including phenoxy) is 1. The molecule has 2 atom stereocenters. The Balaban J connectivity index is 1.65. The fourth-order valence-electron chi connectivity index (χ4n) is 4.33. The van der Waals surface area contributed by atoms with E-state index >= 15 is 0 Å². The number of carbonyl (C=O) groups excluding carboxylic acids is 3. The number of amides is 1. The van der Waals surface area contributed by atoms with E-state index in [2.05, 4.69) is 4.90 Å². The summed E-state index contributed by atoms with van der Waals surface area (Å²) in [4.78, 5) is 43.3. The largest absolute Gasteiger partial charge is 0.379 e. The van der Waals surface area contributed by atoms with E-state index in [0.717, 1.165) is 29.8 Å². The molecule has 6 nitrogen and oxygen atoms in total. The first-order valence-corrected chi connectivity index (χ1v) is 10.8. The van der Waals surface area contributed by atoms with E-state index in [4.69, 9.17) is 4.74 Å². The van der Waals surface area contributed by atoms with Gasteiger partial charge in [0.05, 0.1) is 19.3 Å². The van der Waals surface area contributed by atoms with Gasteiger partial charge in [0, 0.05) is 31.7 Å². The Morgan fingerprint density at radius 3 is 2.10 bits per heavy atom. The fraction of sp³-hybridized carbons (Fsp3) is 0.400. The lowest BCUT2D eigenvalue weighted by atomic mass is 9.86. The van der Waals surface area contributed by atoms with Crippen LogP contribution in [0, 0.1) is 19.8 Å². The zero-order chi connectivity index (χ0) is 22.0. The van der Waals surface area contributed by atoms with Crippen molar-refractivity contribution in [3.63, 3.8) is 0 Å². The second-order valence-electron chi connectivity index (χ2n) is 8.38. The number of morpholine rings is 1. The third-order valence-corrected chi connectivity index (χ3v) is 6.20. The molecule has 31 heavy (non-hydrogen) atoms. The van der Waals surface area contributed by atoms with Crippen molar-refractivity contribution in [2.24, 2.45) is 5.92 Å². The van der Waals surface area contributed by atoms with Crippen molar-refractivity contribution in [2.75, 3.05) is 39.4 Å². The minimum Gasteiger partial charge on any atom is -0.379 e. The number of benzene rings is 2. The van der Waals surface area contributed by atoms with E-state index in [1.807, 2.05) is 50.2 Å². The Labute approximate surface area is 182 Å². The highest BCUT2D eigenvalue weighted by Gasteiger charge is 2.51. The van der Waals surface area contributed by atoms with Gasteiger partial charge in [-0.1, -0.05) is 59.7 Å². The van der Waals surface area contributed by atoms with Crippen LogP contribution in [0.3, 0.4) is 0 Å². The molecule has 1 amide bonds. The summed E-state index contributed by atoms with van der Waals surface area (Å²) in [6.07, 6.45) is 0. The Morgan fingerprint density at radius 1 is 0.903 bits per heavy atom. The highest BCUT2D eigenvalue weighted by atomic mass is 16.5. The highest BCUT2D eigenvalue weighted by Crippen LogP contribution is 2.38. The molecule has 2 unspecified atom stereocenters. The smallest absolute Gasteiger partial charge is 0.291 e. The first kappa shape index (κ1) is 21.4. The van der Waals surface area contributed by atoms with Gasteiger partial charge in [0.25, 0.3) is 5.91 Å². The number of Topliss-reactive ketones (excluding diaryl/α,β-unsaturated/α-hetero) is 2. The molecule has 2 fully saturated rings. The molecule has 2 saturated heterocycles. The topological polar surface area (TPSA) is 66.9 Å². The molecule has 0 radical (unpaired) electrons. The zero-order valence-corrected chi connectivity index (χ0v) is 18.0. The number of nitrogens with zero attached hydrogens (tertiary/aromatic N) is 2. The Hall–Kier alpha value is -2.83. The zero-order valence-electron chi connectivity index (χ0n) is 18.0. The van der Waals surface area contributed by atoms with E-state index in [9.17, 15) is 14.4 Å². The van der Waals surface area contributed by atoms with Gasteiger partial charge < -0.3 is 9.64 Å². The summed E-state index contributed by atoms with van der Waals surface area (Å²) in [7, 11) is 0. The molecule has 0 aliphatic carbocycles. The molecule has 4 rings (SSSR count). The van der Waals surface area contributed by atoms with Gasteiger partial charge in [-0.05, 0) is 19.4 Å². The maximum atomic E-state index is 13.4. The molecule has 0 N–H and O–H groups in total. The lowest BCUT2D eigenvalue weighted by Gasteiger charge is -2.31. The van der Waals surface area contributed by atoms with Crippen molar-refractivity contribution in [3.05, 3.63) is 70.8 Å². The molecule has 0 spiro atoms. The van der Waals surface area contributed by atoms with E-state index in [1.54, 1.807) is 17.0 Å². The van der Waals surface area contributed by atoms with Crippen LogP contribution >= 0.6 is 0 Å². The van der Waals surface area contributed by atoms with Crippen LogP contribution in [0.4, 0.5) is 0 Å². The Kier molecular flexibility index (Phi) is 6.30. The number of carbonyl (C=O) groups is 3. The lowest BCUT2D eigenvalue weighted by Crippen LogP contribution is -2.42. The van der Waals surface area contributed by atoms with Crippen LogP contribution in [-0.2, 0) is 14.3 Å². The van der Waals surface area contributed by atoms with Crippen LogP contribution in [0.5, 0.6) is 0 Å². The van der Waals surface area contributed by atoms with Gasteiger partial charge in [-0.25, -0.2) is 0 Å². The van der Waals surface area contributed by atoms with Crippen LogP contribution in [-0.4, -0.2) is 66.7 Å². The summed E-state index contributed by atoms with van der Waals surface area (Å²) >= 11 is 0. The summed E-state index contributed by atoms with van der Waals surface area (Å²) in [5.74, 6) is -2.50. The molecule has 0 aromatic heterocycles. The standard InChI is InChI=1S/C25H28N2O4/c1-17-3-7-19(8-4-17)22-21(23(28)20-9-5-18(2)6-10-20)24(29)25(30)27(22)12-11-26-13-15-31-16-14-26/h3-10,21-22H,11-16H2,1-2H3. The SMILES string of the molecule is Cc1ccc(C(=O)C2C(=O)C(=O)N(CCN3CCOCC3)C2c2ccc(C)cc2)cc1. The first-order valence-electron chi connectivity index (χ1n) is 10.8. The molecule has 2 aliphatic rings. The predicted molar refractivity (Wildman–Crippen MR) is 117 cm³/mol. The summed E-state index contributed by atoms with van der Waals surface area (Å²) in [5, 5.41) is 0. The Bertz CT molecular complexity index is 962. The van der Waals surface area contributed by atoms with Crippen molar-refractivity contribution in [1.82, 2.24) is 9.80 Å². The maximum Gasteiger partial charge on any atom is 0.291 e. The van der Waals surface area contributed by atoms with Crippen molar-refractivity contribution >= 4 is 17.5 Å². The summed E-state index contributed by atoms with van der Waals surface area (Å²) in [6.45, 7) is 7.93. The van der Waals surface area contributed by atoms with Crippen LogP contribution < -0.4 is 0 Å². The number of aryl methyl sites for hydroxylation is 2. The monoisotopic (exact) mass is 420 g/mol. The number of rotatable bonds is 6. The van der Waals surface area contributed by atoms with Crippen LogP contribution in [0.25, 0.3) is 0 Å². The molecule has 2 aromatic rings. The number of hydrogen-bond acceptors (Lipinski definition) is 5. The fourth-order valence-corrected chi connectivity index (χ4v) is 4.33. The quantitative estimate of drug-likeness (QED) is 0.408. The van der Waals surface area contributed by atoms with Gasteiger partial charge in [-0.3, -0.25) is 19.3 Å². The van der Waals surface area contributed by atoms with Gasteiger partial charge >= 0.3 is 0 Å². The third-order valence-electron chi connectivity index (χ3n) is 6.20. The summed E-state index contributed by atoms with van der Waals surface area (Å²) in [6, 6.07) is 14.3. The van der Waals surface area contributed by atoms with Crippen molar-refractivity contribution in [1.29, 1.82) is 0 Å². The predicted octanol–water partition coefficient (Wildman–Crippen LogP) is 2.59. The normalized spacial score (nSPS) is 22.2. The van der Waals surface area contributed by atoms with Crippen LogP contribution in [0.1, 0.15) is 33.1 Å². The minimum absolute atomic E-state index is 0.294. The van der Waals surface area contributed by atoms with Gasteiger partial charge in [0.15, 0.2) is 5.78 Å². The van der Waals surface area contributed by atoms with Gasteiger partial charge in [0.2, 0.25) is 5.78 Å². The second-order valence-corrected chi connectivity index (χ2v) is 8.38. The van der Waals surface area contributed by atoms with E-state index in [0.29, 0.717) is 31.9 Å². The Morgan fingerprint density at radius 2 is 1.48 bits per heavy atom. The lowest BCUT2D eigenvalue weighted by molar-refractivity contribution is -0.141. The molecule has 2 aromatic carbocycles. The number of likely N-dealkylation sites (tertiary alicyclic amines) is 1. The molecule has 6 heteroatoms. The summed E-state index contributed by atoms with van der Waals surface area (Å²) < 4.78 is 5.40. The van der Waals surface area contributed by atoms with Crippen molar-refractivity contribution in [3.8, 4) is 0 Å². The second kappa shape index (κ2) is 9.12. The molecule has 2 heterocycles. The van der Waals surface area contributed by atoms with Crippen LogP contribution in [0.15, 0.2) is 48.5 Å². The van der Waals surface area contributed by atoms with Gasteiger partial charge in [-0.2, -0.15) is 0 Å². The number of ketones is 2. The maximum absolute atomic E-state index is 13.4. The van der Waals surface area contributed by atoms with Crippen molar-refractivity contribution in [2.45, 2.75) is 19.9 Å². The van der Waals surface area contributed by atoms with Crippen molar-refractivity contribution < 1.29 is 19.1 Å². The molecule has 162 valence electrons. The van der Waals surface area contributed by atoms with E-state index in [-0.39, 0.29) is 5.78 Å². The molecule has 0 bridgehead atoms. The van der Waals surface area contributed by atoms with Crippen LogP contribution in [0.2, 0.25) is 0 Å². The van der Waals surface area contributed by atoms with E-state index in [1.165, 1.54) is 0 Å². The summed E-state index contributed by atoms with van der Waals surface area (Å²) in [5.41, 5.74) is 3.40. The molecular formula is C25H28N2O4. The third kappa shape index (κ3) is 4.45. The highest BCUT2D eigenvalue weighted by molar-refractivity contribution is 6.44. The molecule has 2 aliphatic heterocycles. The number of hydrogen-bond donors (Lipinski definition) is 0. The molecule has 0 saturated carbocycles. The first-order chi connectivity index (χ1) is 15.0. The van der Waals surface area contributed by atoms with Gasteiger partial charge in [0.1, 0.15) is 5.92 Å².